The van der Waals surface area contributed by atoms with E-state index in [1.165, 1.54) is 89.9 Å². The van der Waals surface area contributed by atoms with Gasteiger partial charge in [0.25, 0.3) is 0 Å². The van der Waals surface area contributed by atoms with E-state index in [1.54, 1.807) is 11.1 Å². The number of hydrogen-bond donors (Lipinski definition) is 1. The van der Waals surface area contributed by atoms with Crippen molar-refractivity contribution in [3.8, 4) is 0 Å². The number of unbranched alkanes of at least 4 members (excludes halogenated alkanes) is 2. The lowest BCUT2D eigenvalue weighted by Crippen LogP contribution is -2.22. The van der Waals surface area contributed by atoms with Gasteiger partial charge in [0.2, 0.25) is 0 Å². The van der Waals surface area contributed by atoms with Crippen molar-refractivity contribution < 1.29 is 0 Å². The number of hydrogen-bond acceptors (Lipinski definition) is 1. The fraction of sp³-hybridized carbons (Fsp3) is 0.826. The first-order valence-electron chi connectivity index (χ1n) is 10.8. The van der Waals surface area contributed by atoms with Gasteiger partial charge in [0.15, 0.2) is 0 Å². The summed E-state index contributed by atoms with van der Waals surface area (Å²) in [6.07, 6.45) is 23.8. The van der Waals surface area contributed by atoms with Gasteiger partial charge >= 0.3 is 0 Å². The van der Waals surface area contributed by atoms with Crippen LogP contribution in [0.15, 0.2) is 23.3 Å². The van der Waals surface area contributed by atoms with Crippen molar-refractivity contribution in [2.24, 2.45) is 17.6 Å². The largest absolute Gasteiger partial charge is 0.328 e. The summed E-state index contributed by atoms with van der Waals surface area (Å²) in [4.78, 5) is 0. The SMILES string of the molecule is CCCC(C)CC(N)CCCCCC1=CC=C(CCC2CCC2)C1. The van der Waals surface area contributed by atoms with Crippen LogP contribution in [0.5, 0.6) is 0 Å². The number of nitrogens with two attached hydrogens (primary N) is 1. The van der Waals surface area contributed by atoms with Gasteiger partial charge in [-0.15, -0.1) is 0 Å². The third-order valence-electron chi connectivity index (χ3n) is 6.17. The Morgan fingerprint density at radius 2 is 1.79 bits per heavy atom. The molecule has 0 aliphatic heterocycles. The number of rotatable bonds is 13. The van der Waals surface area contributed by atoms with E-state index in [1.807, 2.05) is 0 Å². The summed E-state index contributed by atoms with van der Waals surface area (Å²) in [6, 6.07) is 0.428. The quantitative estimate of drug-likeness (QED) is 0.364. The molecule has 138 valence electrons. The highest BCUT2D eigenvalue weighted by Crippen LogP contribution is 2.34. The van der Waals surface area contributed by atoms with E-state index in [0.29, 0.717) is 6.04 Å². The van der Waals surface area contributed by atoms with Crippen LogP contribution in [-0.4, -0.2) is 6.04 Å². The monoisotopic (exact) mass is 331 g/mol. The summed E-state index contributed by atoms with van der Waals surface area (Å²) in [7, 11) is 0. The van der Waals surface area contributed by atoms with Crippen LogP contribution < -0.4 is 5.73 Å². The van der Waals surface area contributed by atoms with E-state index in [9.17, 15) is 0 Å². The Labute approximate surface area is 151 Å². The molecule has 1 nitrogen and oxygen atoms in total. The second-order valence-corrected chi connectivity index (χ2v) is 8.65. The predicted molar refractivity (Wildman–Crippen MR) is 107 cm³/mol. The van der Waals surface area contributed by atoms with Crippen molar-refractivity contribution in [3.05, 3.63) is 23.3 Å². The molecule has 1 fully saturated rings. The van der Waals surface area contributed by atoms with Crippen LogP contribution in [-0.2, 0) is 0 Å². The molecule has 0 aromatic rings. The summed E-state index contributed by atoms with van der Waals surface area (Å²) in [5.41, 5.74) is 9.66. The van der Waals surface area contributed by atoms with Gasteiger partial charge in [0.05, 0.1) is 0 Å². The van der Waals surface area contributed by atoms with Crippen LogP contribution in [0.3, 0.4) is 0 Å². The highest BCUT2D eigenvalue weighted by Gasteiger charge is 2.18. The minimum atomic E-state index is 0.428. The Morgan fingerprint density at radius 1 is 1.04 bits per heavy atom. The van der Waals surface area contributed by atoms with Gasteiger partial charge in [-0.25, -0.2) is 0 Å². The maximum Gasteiger partial charge on any atom is 0.00413 e. The molecular weight excluding hydrogens is 290 g/mol. The highest BCUT2D eigenvalue weighted by molar-refractivity contribution is 5.30. The Bertz CT molecular complexity index is 402. The van der Waals surface area contributed by atoms with E-state index >= 15 is 0 Å². The molecule has 2 aliphatic rings. The molecule has 0 bridgehead atoms. The standard InChI is InChI=1S/C23H41N/c1-3-8-19(2)17-23(24)12-6-4-5-9-21-15-16-22(18-21)14-13-20-10-7-11-20/h15-16,19-20,23H,3-14,17-18,24H2,1-2H3. The van der Waals surface area contributed by atoms with Gasteiger partial charge in [-0.1, -0.05) is 82.1 Å². The van der Waals surface area contributed by atoms with E-state index in [4.69, 9.17) is 5.73 Å². The van der Waals surface area contributed by atoms with Crippen LogP contribution in [0.1, 0.15) is 104 Å². The Balaban J connectivity index is 1.44. The van der Waals surface area contributed by atoms with Gasteiger partial charge in [0, 0.05) is 6.04 Å². The number of allylic oxidation sites excluding steroid dienone is 4. The van der Waals surface area contributed by atoms with Gasteiger partial charge in [0.1, 0.15) is 0 Å². The van der Waals surface area contributed by atoms with E-state index in [0.717, 1.165) is 11.8 Å². The zero-order chi connectivity index (χ0) is 17.2. The molecule has 0 aromatic carbocycles. The third-order valence-corrected chi connectivity index (χ3v) is 6.17. The molecule has 0 saturated heterocycles. The van der Waals surface area contributed by atoms with E-state index in [-0.39, 0.29) is 0 Å². The summed E-state index contributed by atoms with van der Waals surface area (Å²) in [5.74, 6) is 1.86. The average molecular weight is 332 g/mol. The molecule has 2 N–H and O–H groups in total. The Morgan fingerprint density at radius 3 is 2.46 bits per heavy atom. The van der Waals surface area contributed by atoms with Crippen LogP contribution in [0.2, 0.25) is 0 Å². The van der Waals surface area contributed by atoms with Crippen molar-refractivity contribution in [2.75, 3.05) is 0 Å². The zero-order valence-corrected chi connectivity index (χ0v) is 16.4. The van der Waals surface area contributed by atoms with Crippen molar-refractivity contribution in [2.45, 2.75) is 110 Å². The van der Waals surface area contributed by atoms with Crippen molar-refractivity contribution >= 4 is 0 Å². The van der Waals surface area contributed by atoms with Crippen LogP contribution in [0.4, 0.5) is 0 Å². The summed E-state index contributed by atoms with van der Waals surface area (Å²) >= 11 is 0. The molecule has 0 radical (unpaired) electrons. The molecule has 0 amide bonds. The van der Waals surface area contributed by atoms with Crippen LogP contribution in [0, 0.1) is 11.8 Å². The first-order chi connectivity index (χ1) is 11.7. The lowest BCUT2D eigenvalue weighted by atomic mass is 9.81. The molecule has 24 heavy (non-hydrogen) atoms. The summed E-state index contributed by atoms with van der Waals surface area (Å²) < 4.78 is 0. The van der Waals surface area contributed by atoms with Gasteiger partial charge in [-0.2, -0.15) is 0 Å². The molecule has 2 unspecified atom stereocenters. The molecule has 0 aromatic heterocycles. The van der Waals surface area contributed by atoms with E-state index < -0.39 is 0 Å². The molecular formula is C23H41N. The first kappa shape index (κ1) is 19.8. The van der Waals surface area contributed by atoms with Gasteiger partial charge < -0.3 is 5.73 Å². The fourth-order valence-corrected chi connectivity index (χ4v) is 4.34. The second kappa shape index (κ2) is 11.1. The topological polar surface area (TPSA) is 26.0 Å². The summed E-state index contributed by atoms with van der Waals surface area (Å²) in [6.45, 7) is 4.62. The van der Waals surface area contributed by atoms with Crippen LogP contribution >= 0.6 is 0 Å². The molecule has 0 heterocycles. The molecule has 2 atom stereocenters. The second-order valence-electron chi connectivity index (χ2n) is 8.65. The fourth-order valence-electron chi connectivity index (χ4n) is 4.34. The Kier molecular flexibility index (Phi) is 9.17. The summed E-state index contributed by atoms with van der Waals surface area (Å²) in [5, 5.41) is 0. The highest BCUT2D eigenvalue weighted by atomic mass is 14.6. The minimum Gasteiger partial charge on any atom is -0.328 e. The zero-order valence-electron chi connectivity index (χ0n) is 16.4. The maximum absolute atomic E-state index is 6.28. The molecule has 1 saturated carbocycles. The van der Waals surface area contributed by atoms with Crippen molar-refractivity contribution in [1.29, 1.82) is 0 Å². The van der Waals surface area contributed by atoms with Gasteiger partial charge in [-0.3, -0.25) is 0 Å². The lowest BCUT2D eigenvalue weighted by Gasteiger charge is -2.25. The van der Waals surface area contributed by atoms with Gasteiger partial charge in [-0.05, 0) is 56.8 Å². The molecule has 1 heteroatoms. The first-order valence-corrected chi connectivity index (χ1v) is 10.8. The average Bonchev–Trinajstić information content (AvgIpc) is 2.93. The minimum absolute atomic E-state index is 0.428. The normalized spacial score (nSPS) is 20.5. The van der Waals surface area contributed by atoms with Crippen molar-refractivity contribution in [1.82, 2.24) is 0 Å². The molecule has 2 rings (SSSR count). The lowest BCUT2D eigenvalue weighted by molar-refractivity contribution is 0.296. The third kappa shape index (κ3) is 7.55. The maximum atomic E-state index is 6.28. The molecule has 2 aliphatic carbocycles. The smallest absolute Gasteiger partial charge is 0.00413 e. The van der Waals surface area contributed by atoms with E-state index in [2.05, 4.69) is 26.0 Å². The van der Waals surface area contributed by atoms with Crippen molar-refractivity contribution in [3.63, 3.8) is 0 Å². The Hall–Kier alpha value is -0.560. The van der Waals surface area contributed by atoms with Crippen LogP contribution in [0.25, 0.3) is 0 Å². The molecule has 0 spiro atoms. The predicted octanol–water partition coefficient (Wildman–Crippen LogP) is 6.93.